The van der Waals surface area contributed by atoms with E-state index in [4.69, 9.17) is 9.47 Å². The average molecular weight is 554 g/mol. The molecule has 10 nitrogen and oxygen atoms in total. The van der Waals surface area contributed by atoms with E-state index in [1.165, 1.54) is 9.42 Å². The molecule has 1 aliphatic heterocycles. The van der Waals surface area contributed by atoms with Crippen LogP contribution in [0.2, 0.25) is 0 Å². The highest BCUT2D eigenvalue weighted by atomic mass is 32.1. The molecule has 1 aliphatic rings. The summed E-state index contributed by atoms with van der Waals surface area (Å²) in [5, 5.41) is 7.21. The van der Waals surface area contributed by atoms with Crippen molar-refractivity contribution >= 4 is 45.1 Å². The van der Waals surface area contributed by atoms with Gasteiger partial charge in [0.15, 0.2) is 5.82 Å². The van der Waals surface area contributed by atoms with Crippen LogP contribution in [-0.2, 0) is 9.59 Å². The standard InChI is InChI=1S/C29H23N5O5S/c1-3-39-20-14-10-18(11-15-20)30-23(35)16-33-22-7-5-4-6-21(22)24(27(33)36)25-28(37)34-29(40-25)31-26(32-34)17-8-12-19(38-2)13-9-17/h4-15H,3,16H2,1-2H3,(H,30,35). The van der Waals surface area contributed by atoms with Crippen molar-refractivity contribution in [2.75, 3.05) is 30.5 Å². The van der Waals surface area contributed by atoms with Crippen LogP contribution in [0.15, 0.2) is 77.6 Å². The van der Waals surface area contributed by atoms with Crippen LogP contribution in [0.25, 0.3) is 21.9 Å². The second-order valence-electron chi connectivity index (χ2n) is 8.88. The van der Waals surface area contributed by atoms with Gasteiger partial charge in [-0.3, -0.25) is 19.3 Å². The molecule has 2 aromatic heterocycles. The summed E-state index contributed by atoms with van der Waals surface area (Å²) in [6.45, 7) is 2.22. The SMILES string of the molecule is CCOc1ccc(NC(=O)CN2C(=O)C(=c3sc4nc(-c5ccc(OC)cc5)nn4c3=O)c3ccccc32)cc1. The Balaban J connectivity index is 1.32. The van der Waals surface area contributed by atoms with Gasteiger partial charge in [-0.2, -0.15) is 9.50 Å². The molecule has 3 aromatic carbocycles. The summed E-state index contributed by atoms with van der Waals surface area (Å²) in [4.78, 5) is 46.3. The van der Waals surface area contributed by atoms with Crippen LogP contribution in [0.4, 0.5) is 11.4 Å². The van der Waals surface area contributed by atoms with Gasteiger partial charge in [-0.1, -0.05) is 29.5 Å². The number of rotatable bonds is 7. The Morgan fingerprint density at radius 2 is 1.70 bits per heavy atom. The number of aromatic nitrogens is 3. The van der Waals surface area contributed by atoms with E-state index >= 15 is 0 Å². The molecular weight excluding hydrogens is 530 g/mol. The Hall–Kier alpha value is -5.03. The maximum Gasteiger partial charge on any atom is 0.291 e. The first-order chi connectivity index (χ1) is 19.5. The van der Waals surface area contributed by atoms with E-state index < -0.39 is 11.5 Å². The summed E-state index contributed by atoms with van der Waals surface area (Å²) in [5.41, 5.74) is 2.25. The van der Waals surface area contributed by atoms with E-state index in [9.17, 15) is 14.4 Å². The number of hydrogen-bond acceptors (Lipinski definition) is 8. The van der Waals surface area contributed by atoms with E-state index in [0.717, 1.165) is 16.9 Å². The van der Waals surface area contributed by atoms with Crippen molar-refractivity contribution in [3.8, 4) is 22.9 Å². The minimum Gasteiger partial charge on any atom is -0.497 e. The number of nitrogens with one attached hydrogen (secondary N) is 1. The molecular formula is C29H23N5O5S. The number of carbonyl (C=O) groups is 2. The van der Waals surface area contributed by atoms with Gasteiger partial charge < -0.3 is 14.8 Å². The van der Waals surface area contributed by atoms with Crippen molar-refractivity contribution in [2.45, 2.75) is 6.92 Å². The summed E-state index contributed by atoms with van der Waals surface area (Å²) in [6, 6.07) is 21.3. The van der Waals surface area contributed by atoms with Gasteiger partial charge in [-0.25, -0.2) is 0 Å². The van der Waals surface area contributed by atoms with Crippen LogP contribution in [0.1, 0.15) is 12.5 Å². The van der Waals surface area contributed by atoms with Gasteiger partial charge in [0.1, 0.15) is 22.6 Å². The van der Waals surface area contributed by atoms with Gasteiger partial charge in [0.2, 0.25) is 10.9 Å². The van der Waals surface area contributed by atoms with Crippen molar-refractivity contribution in [2.24, 2.45) is 0 Å². The monoisotopic (exact) mass is 553 g/mol. The van der Waals surface area contributed by atoms with Crippen LogP contribution >= 0.6 is 11.3 Å². The lowest BCUT2D eigenvalue weighted by atomic mass is 10.1. The van der Waals surface area contributed by atoms with E-state index in [1.807, 2.05) is 19.1 Å². The fraction of sp³-hybridized carbons (Fsp3) is 0.138. The molecule has 0 saturated heterocycles. The Morgan fingerprint density at radius 1 is 0.975 bits per heavy atom. The largest absolute Gasteiger partial charge is 0.497 e. The molecule has 0 atom stereocenters. The number of thiazole rings is 1. The van der Waals surface area contributed by atoms with E-state index in [2.05, 4.69) is 15.4 Å². The lowest BCUT2D eigenvalue weighted by Crippen LogP contribution is -2.37. The number of nitrogens with zero attached hydrogens (tertiary/aromatic N) is 4. The predicted molar refractivity (Wildman–Crippen MR) is 152 cm³/mol. The van der Waals surface area contributed by atoms with Gasteiger partial charge in [-0.05, 0) is 61.5 Å². The highest BCUT2D eigenvalue weighted by Gasteiger charge is 2.35. The lowest BCUT2D eigenvalue weighted by molar-refractivity contribution is -0.118. The van der Waals surface area contributed by atoms with Crippen LogP contribution in [0.5, 0.6) is 11.5 Å². The normalized spacial score (nSPS) is 13.9. The molecule has 5 aromatic rings. The maximum atomic E-state index is 13.7. The minimum atomic E-state index is -0.439. The number of carbonyl (C=O) groups excluding carboxylic acids is 2. The number of anilines is 2. The zero-order valence-electron chi connectivity index (χ0n) is 21.6. The van der Waals surface area contributed by atoms with Crippen LogP contribution in [0, 0.1) is 0 Å². The fourth-order valence-electron chi connectivity index (χ4n) is 4.55. The van der Waals surface area contributed by atoms with Crippen LogP contribution < -0.4 is 29.8 Å². The molecule has 0 bridgehead atoms. The second-order valence-corrected chi connectivity index (χ2v) is 9.86. The second kappa shape index (κ2) is 10.3. The number of fused-ring (bicyclic) bond motifs is 2. The zero-order chi connectivity index (χ0) is 27.8. The van der Waals surface area contributed by atoms with E-state index in [-0.39, 0.29) is 22.6 Å². The number of hydrogen-bond donors (Lipinski definition) is 1. The molecule has 11 heteroatoms. The molecule has 0 saturated carbocycles. The first-order valence-electron chi connectivity index (χ1n) is 12.5. The maximum absolute atomic E-state index is 13.7. The highest BCUT2D eigenvalue weighted by Crippen LogP contribution is 2.35. The van der Waals surface area contributed by atoms with Gasteiger partial charge in [0, 0.05) is 16.8 Å². The number of para-hydroxylation sites is 1. The van der Waals surface area contributed by atoms with Gasteiger partial charge in [0.25, 0.3) is 11.5 Å². The van der Waals surface area contributed by atoms with Crippen molar-refractivity contribution in [3.05, 3.63) is 93.2 Å². The van der Waals surface area contributed by atoms with Crippen LogP contribution in [0.3, 0.4) is 0 Å². The van der Waals surface area contributed by atoms with Crippen LogP contribution in [-0.4, -0.2) is 46.7 Å². The molecule has 0 aliphatic carbocycles. The molecule has 3 heterocycles. The summed E-state index contributed by atoms with van der Waals surface area (Å²) in [5.74, 6) is 0.991. The van der Waals surface area contributed by atoms with E-state index in [1.54, 1.807) is 67.8 Å². The van der Waals surface area contributed by atoms with Crippen molar-refractivity contribution in [1.29, 1.82) is 0 Å². The Bertz CT molecular complexity index is 1860. The third-order valence-corrected chi connectivity index (χ3v) is 7.44. The molecule has 1 N–H and O–H groups in total. The van der Waals surface area contributed by atoms with Crippen molar-refractivity contribution < 1.29 is 19.1 Å². The molecule has 200 valence electrons. The lowest BCUT2D eigenvalue weighted by Gasteiger charge is -2.16. The number of benzene rings is 3. The number of ether oxygens (including phenoxy) is 2. The Labute approximate surface area is 232 Å². The van der Waals surface area contributed by atoms with E-state index in [0.29, 0.717) is 45.8 Å². The van der Waals surface area contributed by atoms with Gasteiger partial charge in [0.05, 0.1) is 25.0 Å². The van der Waals surface area contributed by atoms with Gasteiger partial charge in [-0.15, -0.1) is 5.10 Å². The quantitative estimate of drug-likeness (QED) is 0.329. The topological polar surface area (TPSA) is 115 Å². The Morgan fingerprint density at radius 3 is 2.40 bits per heavy atom. The minimum absolute atomic E-state index is 0.219. The molecule has 0 radical (unpaired) electrons. The van der Waals surface area contributed by atoms with Crippen molar-refractivity contribution in [3.63, 3.8) is 0 Å². The third kappa shape index (κ3) is 4.46. The summed E-state index contributed by atoms with van der Waals surface area (Å²) >= 11 is 1.10. The summed E-state index contributed by atoms with van der Waals surface area (Å²) < 4.78 is 12.1. The summed E-state index contributed by atoms with van der Waals surface area (Å²) in [6.07, 6.45) is 0. The number of methoxy groups -OCH3 is 1. The third-order valence-electron chi connectivity index (χ3n) is 6.41. The highest BCUT2D eigenvalue weighted by molar-refractivity contribution is 7.15. The first kappa shape index (κ1) is 25.3. The van der Waals surface area contributed by atoms with Gasteiger partial charge >= 0.3 is 0 Å². The fourth-order valence-corrected chi connectivity index (χ4v) is 5.55. The zero-order valence-corrected chi connectivity index (χ0v) is 22.4. The molecule has 2 amide bonds. The predicted octanol–water partition coefficient (Wildman–Crippen LogP) is 3.13. The smallest absolute Gasteiger partial charge is 0.291 e. The molecule has 0 spiro atoms. The average Bonchev–Trinajstić information content (AvgIpc) is 3.60. The van der Waals surface area contributed by atoms with Crippen molar-refractivity contribution in [1.82, 2.24) is 14.6 Å². The Kier molecular flexibility index (Phi) is 6.48. The number of amides is 2. The molecule has 0 fully saturated rings. The molecule has 40 heavy (non-hydrogen) atoms. The molecule has 0 unspecified atom stereocenters. The summed E-state index contributed by atoms with van der Waals surface area (Å²) in [7, 11) is 1.58. The molecule has 6 rings (SSSR count). The first-order valence-corrected chi connectivity index (χ1v) is 13.3.